The van der Waals surface area contributed by atoms with Crippen molar-refractivity contribution in [2.45, 2.75) is 26.2 Å². The fraction of sp³-hybridized carbons (Fsp3) is 0.111. The predicted molar refractivity (Wildman–Crippen MR) is 159 cm³/mol. The van der Waals surface area contributed by atoms with Gasteiger partial charge in [0.1, 0.15) is 0 Å². The van der Waals surface area contributed by atoms with Gasteiger partial charge in [0.05, 0.1) is 0 Å². The van der Waals surface area contributed by atoms with E-state index in [1.54, 1.807) is 0 Å². The zero-order chi connectivity index (χ0) is 25.2. The third-order valence-electron chi connectivity index (χ3n) is 7.26. The van der Waals surface area contributed by atoms with E-state index in [2.05, 4.69) is 106 Å². The number of hydrogen-bond acceptors (Lipinski definition) is 0. The molecule has 0 N–H and O–H groups in total. The summed E-state index contributed by atoms with van der Waals surface area (Å²) in [5, 5.41) is 4.45. The lowest BCUT2D eigenvalue weighted by atomic mass is 9.81. The van der Waals surface area contributed by atoms with Crippen molar-refractivity contribution in [1.82, 2.24) is 0 Å². The molecule has 0 bridgehead atoms. The van der Waals surface area contributed by atoms with Gasteiger partial charge in [-0.2, -0.15) is 0 Å². The molecule has 0 heteroatoms. The first-order valence-corrected chi connectivity index (χ1v) is 12.4. The van der Waals surface area contributed by atoms with Crippen LogP contribution in [-0.2, 0) is 0 Å². The minimum absolute atomic E-state index is 0.486. The Labute approximate surface area is 214 Å². The third-order valence-corrected chi connectivity index (χ3v) is 7.26. The predicted octanol–water partition coefficient (Wildman–Crippen LogP) is 7.95. The lowest BCUT2D eigenvalue weighted by molar-refractivity contribution is 0.772. The van der Waals surface area contributed by atoms with E-state index in [0.29, 0.717) is 5.92 Å². The summed E-state index contributed by atoms with van der Waals surface area (Å²) >= 11 is 0. The van der Waals surface area contributed by atoms with Crippen LogP contribution in [0.1, 0.15) is 54.0 Å². The van der Waals surface area contributed by atoms with E-state index >= 15 is 0 Å². The largest absolute Gasteiger partial charge is 0.115 e. The summed E-state index contributed by atoms with van der Waals surface area (Å²) in [6, 6.07) is 23.5. The molecular weight excluding hydrogens is 432 g/mol. The Morgan fingerprint density at radius 3 is 2.53 bits per heavy atom. The number of rotatable bonds is 4. The number of fused-ring (bicyclic) bond motifs is 2. The minimum atomic E-state index is 0.486. The van der Waals surface area contributed by atoms with Crippen LogP contribution in [-0.4, -0.2) is 0 Å². The number of terminal acetylenes is 1. The van der Waals surface area contributed by atoms with Gasteiger partial charge in [0, 0.05) is 11.1 Å². The molecule has 0 saturated heterocycles. The van der Waals surface area contributed by atoms with Gasteiger partial charge in [-0.1, -0.05) is 123 Å². The topological polar surface area (TPSA) is 0 Å². The molecule has 1 unspecified atom stereocenters. The second-order valence-electron chi connectivity index (χ2n) is 9.53. The maximum absolute atomic E-state index is 6.23. The molecule has 0 saturated carbocycles. The van der Waals surface area contributed by atoms with Crippen molar-refractivity contribution < 1.29 is 0 Å². The van der Waals surface area contributed by atoms with Gasteiger partial charge in [-0.3, -0.25) is 0 Å². The Bertz CT molecular complexity index is 1720. The van der Waals surface area contributed by atoms with E-state index in [9.17, 15) is 0 Å². The number of benzene rings is 4. The smallest absolute Gasteiger partial charge is 0.0405 e. The highest BCUT2D eigenvalue weighted by atomic mass is 14.2. The van der Waals surface area contributed by atoms with Crippen molar-refractivity contribution in [2.24, 2.45) is 0 Å². The first-order chi connectivity index (χ1) is 17.5. The van der Waals surface area contributed by atoms with Crippen LogP contribution in [0.3, 0.4) is 0 Å². The van der Waals surface area contributed by atoms with E-state index in [-0.39, 0.29) is 0 Å². The molecule has 0 radical (unpaired) electrons. The molecule has 174 valence electrons. The Kier molecular flexibility index (Phi) is 6.32. The van der Waals surface area contributed by atoms with Crippen molar-refractivity contribution in [3.05, 3.63) is 124 Å². The summed E-state index contributed by atoms with van der Waals surface area (Å²) in [4.78, 5) is 0. The molecule has 4 aromatic carbocycles. The second-order valence-corrected chi connectivity index (χ2v) is 9.53. The van der Waals surface area contributed by atoms with Crippen LogP contribution in [0, 0.1) is 12.3 Å². The molecule has 5 rings (SSSR count). The first-order valence-electron chi connectivity index (χ1n) is 12.4. The summed E-state index contributed by atoms with van der Waals surface area (Å²) in [6.45, 7) is 12.8. The number of hydrogen-bond donors (Lipinski definition) is 0. The van der Waals surface area contributed by atoms with Crippen LogP contribution >= 0.6 is 0 Å². The van der Waals surface area contributed by atoms with Gasteiger partial charge in [0.15, 0.2) is 0 Å². The second kappa shape index (κ2) is 9.73. The highest BCUT2D eigenvalue weighted by molar-refractivity contribution is 6.08. The van der Waals surface area contributed by atoms with E-state index in [0.717, 1.165) is 55.6 Å². The Hall–Kier alpha value is -4.34. The first kappa shape index (κ1) is 23.4. The maximum atomic E-state index is 6.23. The lowest BCUT2D eigenvalue weighted by Gasteiger charge is -2.22. The van der Waals surface area contributed by atoms with E-state index in [1.807, 2.05) is 24.3 Å². The van der Waals surface area contributed by atoms with Crippen LogP contribution in [0.5, 0.6) is 0 Å². The quantitative estimate of drug-likeness (QED) is 0.270. The maximum Gasteiger partial charge on any atom is 0.0405 e. The van der Waals surface area contributed by atoms with Gasteiger partial charge >= 0.3 is 0 Å². The van der Waals surface area contributed by atoms with E-state index in [1.165, 1.54) is 16.5 Å². The third kappa shape index (κ3) is 4.04. The SMILES string of the molecule is C#Cc1c(C=C)c(/C(C)=C/C=c2/ccccc2=C)c2ccccc2c1-c1ccc2c(c1)C(C)CC=C2. The Balaban J connectivity index is 1.81. The normalized spacial score (nSPS) is 15.5. The Morgan fingerprint density at radius 2 is 1.78 bits per heavy atom. The summed E-state index contributed by atoms with van der Waals surface area (Å²) in [5.41, 5.74) is 9.10. The summed E-state index contributed by atoms with van der Waals surface area (Å²) in [6.07, 6.45) is 18.0. The van der Waals surface area contributed by atoms with Crippen molar-refractivity contribution >= 4 is 41.2 Å². The van der Waals surface area contributed by atoms with Gasteiger partial charge in [0.2, 0.25) is 0 Å². The molecule has 36 heavy (non-hydrogen) atoms. The van der Waals surface area contributed by atoms with Crippen LogP contribution in [0.15, 0.2) is 85.5 Å². The molecule has 0 aliphatic heterocycles. The average molecular weight is 463 g/mol. The van der Waals surface area contributed by atoms with Gasteiger partial charge in [-0.25, -0.2) is 0 Å². The molecule has 1 aliphatic carbocycles. The van der Waals surface area contributed by atoms with Crippen molar-refractivity contribution in [2.75, 3.05) is 0 Å². The lowest BCUT2D eigenvalue weighted by Crippen LogP contribution is -2.21. The Morgan fingerprint density at radius 1 is 1.03 bits per heavy atom. The van der Waals surface area contributed by atoms with Gasteiger partial charge in [0.25, 0.3) is 0 Å². The molecule has 4 aromatic rings. The highest BCUT2D eigenvalue weighted by Crippen LogP contribution is 2.42. The van der Waals surface area contributed by atoms with Crippen LogP contribution in [0.2, 0.25) is 0 Å². The van der Waals surface area contributed by atoms with Gasteiger partial charge in [-0.15, -0.1) is 6.42 Å². The zero-order valence-electron chi connectivity index (χ0n) is 21.0. The van der Waals surface area contributed by atoms with Gasteiger partial charge in [-0.05, 0) is 73.9 Å². The summed E-state index contributed by atoms with van der Waals surface area (Å²) in [5.74, 6) is 3.53. The monoisotopic (exact) mass is 462 g/mol. The molecule has 0 nitrogen and oxygen atoms in total. The molecule has 1 atom stereocenters. The zero-order valence-corrected chi connectivity index (χ0v) is 21.0. The molecular formula is C36H30. The highest BCUT2D eigenvalue weighted by Gasteiger charge is 2.20. The van der Waals surface area contributed by atoms with Crippen molar-refractivity contribution in [1.29, 1.82) is 0 Å². The van der Waals surface area contributed by atoms with Crippen molar-refractivity contribution in [3.63, 3.8) is 0 Å². The van der Waals surface area contributed by atoms with E-state index in [4.69, 9.17) is 6.42 Å². The molecule has 0 spiro atoms. The van der Waals surface area contributed by atoms with Crippen LogP contribution in [0.4, 0.5) is 0 Å². The van der Waals surface area contributed by atoms with Gasteiger partial charge < -0.3 is 0 Å². The molecule has 0 amide bonds. The van der Waals surface area contributed by atoms with Crippen LogP contribution in [0.25, 0.3) is 52.3 Å². The summed E-state index contributed by atoms with van der Waals surface area (Å²) < 4.78 is 0. The minimum Gasteiger partial charge on any atom is -0.115 e. The van der Waals surface area contributed by atoms with Crippen molar-refractivity contribution in [3.8, 4) is 23.5 Å². The average Bonchev–Trinajstić information content (AvgIpc) is 2.91. The fourth-order valence-electron chi connectivity index (χ4n) is 5.37. The molecule has 1 aliphatic rings. The molecule has 0 heterocycles. The fourth-order valence-corrected chi connectivity index (χ4v) is 5.37. The standard InChI is InChI=1S/C36H30/c1-6-30-31(7-2)36(29-22-21-28-16-12-14-25(4)34(28)23-29)33-18-11-10-17-32(33)35(30)26(5)19-20-27-15-9-8-13-24(27)3/h2,6,8-13,15-23,25H,1,3,14H2,4-5H3/b26-19+,27-20-. The molecule has 0 aromatic heterocycles. The number of allylic oxidation sites excluding steroid dienone is 3. The van der Waals surface area contributed by atoms with Crippen LogP contribution < -0.4 is 10.4 Å². The molecule has 0 fully saturated rings. The van der Waals surface area contributed by atoms with E-state index < -0.39 is 0 Å². The summed E-state index contributed by atoms with van der Waals surface area (Å²) in [7, 11) is 0.